The van der Waals surface area contributed by atoms with Gasteiger partial charge in [0.15, 0.2) is 0 Å². The molecule has 0 bridgehead atoms. The van der Waals surface area contributed by atoms with Gasteiger partial charge in [0.05, 0.1) is 14.2 Å². The quantitative estimate of drug-likeness (QED) is 0.0201. The van der Waals surface area contributed by atoms with Crippen molar-refractivity contribution in [3.8, 4) is 46.0 Å². The summed E-state index contributed by atoms with van der Waals surface area (Å²) in [5.41, 5.74) is 9.63. The zero-order valence-corrected chi connectivity index (χ0v) is 86.6. The van der Waals surface area contributed by atoms with Gasteiger partial charge in [-0.1, -0.05) is 363 Å². The van der Waals surface area contributed by atoms with Crippen LogP contribution in [0, 0.1) is 47.3 Å². The highest BCUT2D eigenvalue weighted by Crippen LogP contribution is 2.40. The highest BCUT2D eigenvalue weighted by molar-refractivity contribution is 5.82. The van der Waals surface area contributed by atoms with Gasteiger partial charge < -0.3 is 40.1 Å². The second-order valence-electron chi connectivity index (χ2n) is 37.0. The van der Waals surface area contributed by atoms with Crippen molar-refractivity contribution in [1.29, 1.82) is 0 Å². The predicted molar refractivity (Wildman–Crippen MR) is 569 cm³/mol. The Hall–Kier alpha value is -9.54. The monoisotopic (exact) mass is 1810 g/mol. The van der Waals surface area contributed by atoms with E-state index in [1.807, 2.05) is 113 Å². The number of unbranched alkanes of at least 4 members (excludes halogenated alkanes) is 6. The maximum atomic E-state index is 11.9. The number of phenols is 6. The number of hydrogen-bond donors (Lipinski definition) is 6. The normalized spacial score (nSPS) is 14.3. The number of ether oxygens (including phenoxy) is 2. The van der Waals surface area contributed by atoms with Crippen LogP contribution in [0.4, 0.5) is 0 Å². The summed E-state index contributed by atoms with van der Waals surface area (Å²) in [6.07, 6.45) is 38.2. The van der Waals surface area contributed by atoms with Gasteiger partial charge in [0.1, 0.15) is 57.6 Å². The van der Waals surface area contributed by atoms with E-state index >= 15 is 0 Å². The molecular weight excluding hydrogens is 1630 g/mol. The van der Waals surface area contributed by atoms with Crippen LogP contribution < -0.4 is 9.47 Å². The minimum atomic E-state index is -0.0887. The van der Waals surface area contributed by atoms with Crippen LogP contribution in [0.15, 0.2) is 245 Å². The van der Waals surface area contributed by atoms with Crippen molar-refractivity contribution < 1.29 is 49.7 Å². The molecule has 8 aromatic rings. The minimum absolute atomic E-state index is 0.0267. The van der Waals surface area contributed by atoms with Gasteiger partial charge in [0.2, 0.25) is 0 Å². The summed E-state index contributed by atoms with van der Waals surface area (Å²) in [6, 6.07) is 61.7. The number of benzene rings is 8. The Labute approximate surface area is 805 Å². The summed E-state index contributed by atoms with van der Waals surface area (Å²) in [4.78, 5) is 23.8. The molecule has 16 atom stereocenters. The zero-order valence-electron chi connectivity index (χ0n) is 86.6. The second kappa shape index (κ2) is 72.0. The van der Waals surface area contributed by atoms with E-state index < -0.39 is 0 Å². The van der Waals surface area contributed by atoms with Gasteiger partial charge in [0, 0.05) is 48.3 Å². The zero-order chi connectivity index (χ0) is 98.9. The molecule has 10 heteroatoms. The average Bonchev–Trinajstić information content (AvgIpc) is 0.840. The fraction of sp³-hybridized carbons (Fsp3) is 0.525. The van der Waals surface area contributed by atoms with Crippen LogP contribution in [0.2, 0.25) is 0 Å². The molecule has 0 spiro atoms. The largest absolute Gasteiger partial charge is 0.508 e. The van der Waals surface area contributed by atoms with E-state index in [1.165, 1.54) is 162 Å². The van der Waals surface area contributed by atoms with Gasteiger partial charge in [-0.2, -0.15) is 0 Å². The van der Waals surface area contributed by atoms with Gasteiger partial charge in [0.25, 0.3) is 0 Å². The van der Waals surface area contributed by atoms with E-state index in [1.54, 1.807) is 87.0 Å². The molecule has 0 amide bonds. The molecule has 0 saturated carbocycles. The maximum absolute atomic E-state index is 11.9. The highest BCUT2D eigenvalue weighted by atomic mass is 16.5. The number of hydrogen-bond acceptors (Lipinski definition) is 10. The summed E-state index contributed by atoms with van der Waals surface area (Å²) in [5.74, 6) is 11.4. The van der Waals surface area contributed by atoms with Crippen LogP contribution in [-0.4, -0.2) is 56.4 Å². The lowest BCUT2D eigenvalue weighted by Crippen LogP contribution is -2.17. The number of ketones is 2. The van der Waals surface area contributed by atoms with Crippen molar-refractivity contribution in [1.82, 2.24) is 0 Å². The van der Waals surface area contributed by atoms with E-state index in [0.29, 0.717) is 95.0 Å². The third kappa shape index (κ3) is 46.4. The summed E-state index contributed by atoms with van der Waals surface area (Å²) in [6.45, 7) is 59.7. The van der Waals surface area contributed by atoms with Crippen LogP contribution in [-0.2, 0) is 9.59 Å². The first kappa shape index (κ1) is 120. The molecule has 0 heterocycles. The number of carbonyl (C=O) groups is 2. The lowest BCUT2D eigenvalue weighted by molar-refractivity contribution is -0.123. The molecule has 0 aromatic heterocycles. The van der Waals surface area contributed by atoms with E-state index in [2.05, 4.69) is 198 Å². The Bertz CT molecular complexity index is 4070. The molecule has 732 valence electrons. The summed E-state index contributed by atoms with van der Waals surface area (Å²) >= 11 is 0. The first-order valence-electron chi connectivity index (χ1n) is 51.0. The van der Waals surface area contributed by atoms with Gasteiger partial charge in [-0.3, -0.25) is 9.59 Å². The number of Topliss-reactive ketones (excluding diaryl/α,β-unsaturated/α-hetero) is 2. The van der Waals surface area contributed by atoms with Gasteiger partial charge in [-0.25, -0.2) is 0 Å². The van der Waals surface area contributed by atoms with Crippen LogP contribution >= 0.6 is 0 Å². The van der Waals surface area contributed by atoms with Crippen molar-refractivity contribution in [2.24, 2.45) is 47.3 Å². The Morgan fingerprint density at radius 3 is 0.644 bits per heavy atom. The van der Waals surface area contributed by atoms with Crippen molar-refractivity contribution in [3.05, 3.63) is 289 Å². The molecule has 0 fully saturated rings. The molecule has 8 unspecified atom stereocenters. The number of phenolic OH excluding ortho intramolecular Hbond substituents is 6. The highest BCUT2D eigenvalue weighted by Gasteiger charge is 2.27. The fourth-order valence-corrected chi connectivity index (χ4v) is 18.4. The lowest BCUT2D eigenvalue weighted by Gasteiger charge is -2.23. The van der Waals surface area contributed by atoms with Crippen molar-refractivity contribution in [2.75, 3.05) is 14.2 Å². The van der Waals surface area contributed by atoms with Crippen molar-refractivity contribution in [2.45, 2.75) is 353 Å². The molecular formula is C122H184O10. The van der Waals surface area contributed by atoms with Crippen LogP contribution in [0.25, 0.3) is 0 Å². The Morgan fingerprint density at radius 2 is 0.455 bits per heavy atom. The van der Waals surface area contributed by atoms with E-state index in [9.17, 15) is 40.2 Å². The lowest BCUT2D eigenvalue weighted by atomic mass is 9.82. The smallest absolute Gasteiger partial charge is 0.136 e. The molecule has 132 heavy (non-hydrogen) atoms. The third-order valence-electron chi connectivity index (χ3n) is 26.6. The molecule has 0 aliphatic heterocycles. The SMILES string of the molecule is C=CC(c1cccc(O)c1)C(C)C(=O)CCC.C=CC(c1cccc(O)c1)C(C)CCCC.C=C[C@@H](c1cccc(O)c1)[C@@H](C)C(=O)CCC.C=C[C@@H](c1cccc(O)c1)[C@@H](C)CCCC.CCCCC(C)C(CC)c1cccc(O)c1.CCCCC(C)C(CC)c1cccc(OC)c1.CCCC[C@H](C)[C@@H](CC)c1cccc(O)c1.CCCC[C@H](C)[C@@H](CC)c1cccc(OC)c1. The van der Waals surface area contributed by atoms with Crippen LogP contribution in [0.1, 0.15) is 397 Å². The van der Waals surface area contributed by atoms with Crippen molar-refractivity contribution >= 4 is 11.6 Å². The number of allylic oxidation sites excluding steroid dienone is 4. The van der Waals surface area contributed by atoms with E-state index in [0.717, 1.165) is 60.1 Å². The third-order valence-corrected chi connectivity index (χ3v) is 26.6. The molecule has 8 rings (SSSR count). The molecule has 6 N–H and O–H groups in total. The Balaban J connectivity index is 0.000000754. The summed E-state index contributed by atoms with van der Waals surface area (Å²) in [7, 11) is 3.47. The first-order chi connectivity index (χ1) is 63.4. The molecule has 0 aliphatic carbocycles. The van der Waals surface area contributed by atoms with E-state index in [-0.39, 0.29) is 46.7 Å². The Morgan fingerprint density at radius 1 is 0.265 bits per heavy atom. The molecule has 0 radical (unpaired) electrons. The predicted octanol–water partition coefficient (Wildman–Crippen LogP) is 35.8. The molecule has 10 nitrogen and oxygen atoms in total. The molecule has 8 aromatic carbocycles. The average molecular weight is 1810 g/mol. The number of carbonyl (C=O) groups excluding carboxylic acids is 2. The van der Waals surface area contributed by atoms with Crippen molar-refractivity contribution in [3.63, 3.8) is 0 Å². The first-order valence-corrected chi connectivity index (χ1v) is 51.0. The van der Waals surface area contributed by atoms with E-state index in [4.69, 9.17) is 9.47 Å². The number of rotatable bonds is 50. The summed E-state index contributed by atoms with van der Waals surface area (Å²) in [5, 5.41) is 56.9. The van der Waals surface area contributed by atoms with Gasteiger partial charge in [-0.05, 0) is 252 Å². The van der Waals surface area contributed by atoms with Crippen LogP contribution in [0.5, 0.6) is 46.0 Å². The summed E-state index contributed by atoms with van der Waals surface area (Å²) < 4.78 is 10.6. The standard InChI is InChI=1S/2C16H26O.2C15H20O2.2C15H24O.2C15H22O/c2*1-5-7-9-13(3)16(6-2)14-10-8-11-15(12-14)17-4;2*1-4-7-15(17)11(3)14(5-2)12-8-6-9-13(16)10-12;4*1-4-6-8-12(3)15(5-2)13-9-7-10-14(16)11-13/h2*8,10-13,16H,5-7,9H2,1-4H3;2*5-6,8-11,14,16H,2,4,7H2,1,3H3;2*7,9-12,15-16H,4-6,8H2,1-3H3;2*5,7,9-12,15-16H,2,4,6,8H2,1,3H3/t13-,16+;;11-,14-;;12-,15+;;12-,15+;/m0.1.0.0./s1. The molecule has 0 aliphatic rings. The fourth-order valence-electron chi connectivity index (χ4n) is 18.4. The topological polar surface area (TPSA) is 174 Å². The Kier molecular flexibility index (Phi) is 65.7. The van der Waals surface area contributed by atoms with Crippen LogP contribution in [0.3, 0.4) is 0 Å². The number of methoxy groups -OCH3 is 2. The van der Waals surface area contributed by atoms with Gasteiger partial charge in [-0.15, -0.1) is 26.3 Å². The second-order valence-corrected chi connectivity index (χ2v) is 37.0. The maximum Gasteiger partial charge on any atom is 0.136 e. The number of aromatic hydroxyl groups is 6. The minimum Gasteiger partial charge on any atom is -0.508 e. The van der Waals surface area contributed by atoms with Gasteiger partial charge >= 0.3 is 0 Å². The molecule has 0 saturated heterocycles.